The number of nitrogens with zero attached hydrogens (tertiary/aromatic N) is 6. The van der Waals surface area contributed by atoms with Gasteiger partial charge in [0.1, 0.15) is 11.0 Å². The average Bonchev–Trinajstić information content (AvgIpc) is 3.15. The topological polar surface area (TPSA) is 101 Å². The van der Waals surface area contributed by atoms with Gasteiger partial charge in [-0.25, -0.2) is 19.3 Å². The minimum absolute atomic E-state index is 0.239. The first kappa shape index (κ1) is 24.7. The van der Waals surface area contributed by atoms with Crippen LogP contribution in [0.3, 0.4) is 0 Å². The Balaban J connectivity index is 1.50. The van der Waals surface area contributed by atoms with Crippen molar-refractivity contribution in [2.75, 3.05) is 23.3 Å². The molecule has 0 spiro atoms. The molecule has 0 saturated carbocycles. The van der Waals surface area contributed by atoms with E-state index in [1.807, 2.05) is 12.1 Å². The zero-order chi connectivity index (χ0) is 26.2. The van der Waals surface area contributed by atoms with Crippen LogP contribution in [0.15, 0.2) is 66.1 Å². The van der Waals surface area contributed by atoms with E-state index < -0.39 is 5.60 Å². The summed E-state index contributed by atoms with van der Waals surface area (Å²) >= 11 is 0. The summed E-state index contributed by atoms with van der Waals surface area (Å²) in [5.74, 6) is 1.63. The lowest BCUT2D eigenvalue weighted by Crippen LogP contribution is -2.32. The zero-order valence-corrected chi connectivity index (χ0v) is 21.6. The first-order valence-corrected chi connectivity index (χ1v) is 12.7. The van der Waals surface area contributed by atoms with Crippen LogP contribution in [-0.2, 0) is 12.1 Å². The molecule has 0 bridgehead atoms. The summed E-state index contributed by atoms with van der Waals surface area (Å²) in [5.41, 5.74) is 1.60. The molecule has 0 unspecified atom stereocenters. The van der Waals surface area contributed by atoms with Gasteiger partial charge in [-0.15, -0.1) is 6.58 Å². The summed E-state index contributed by atoms with van der Waals surface area (Å²) in [7, 11) is 0. The van der Waals surface area contributed by atoms with Gasteiger partial charge < -0.3 is 15.3 Å². The van der Waals surface area contributed by atoms with Gasteiger partial charge in [0, 0.05) is 30.7 Å². The lowest BCUT2D eigenvalue weighted by atomic mass is 9.99. The molecule has 9 heteroatoms. The quantitative estimate of drug-likeness (QED) is 0.364. The van der Waals surface area contributed by atoms with E-state index in [2.05, 4.69) is 45.8 Å². The second-order valence-electron chi connectivity index (χ2n) is 10.2. The molecule has 1 aliphatic heterocycles. The first-order valence-electron chi connectivity index (χ1n) is 12.7. The normalized spacial score (nSPS) is 14.8. The molecule has 3 aromatic heterocycles. The lowest BCUT2D eigenvalue weighted by molar-refractivity contribution is 0.0738. The largest absolute Gasteiger partial charge is 0.384 e. The number of aliphatic hydroxyl groups is 1. The molecule has 1 aromatic carbocycles. The number of piperidine rings is 1. The van der Waals surface area contributed by atoms with Crippen molar-refractivity contribution >= 4 is 28.4 Å². The van der Waals surface area contributed by atoms with E-state index in [0.717, 1.165) is 24.7 Å². The summed E-state index contributed by atoms with van der Waals surface area (Å²) in [6, 6.07) is 13.6. The van der Waals surface area contributed by atoms with E-state index in [1.54, 1.807) is 42.8 Å². The van der Waals surface area contributed by atoms with Crippen molar-refractivity contribution < 1.29 is 5.11 Å². The minimum Gasteiger partial charge on any atom is -0.384 e. The number of nitrogens with one attached hydrogen (secondary N) is 1. The molecule has 0 atom stereocenters. The van der Waals surface area contributed by atoms with Crippen molar-refractivity contribution in [3.63, 3.8) is 0 Å². The number of pyridine rings is 1. The van der Waals surface area contributed by atoms with Crippen LogP contribution < -0.4 is 15.8 Å². The Bertz CT molecular complexity index is 1470. The van der Waals surface area contributed by atoms with Crippen molar-refractivity contribution in [3.05, 3.63) is 77.4 Å². The lowest BCUT2D eigenvalue weighted by Gasteiger charge is -2.32. The van der Waals surface area contributed by atoms with E-state index in [0.29, 0.717) is 28.5 Å². The molecule has 2 N–H and O–H groups in total. The zero-order valence-electron chi connectivity index (χ0n) is 21.6. The first-order chi connectivity index (χ1) is 17.7. The SMILES string of the molecule is C=CCn1c(=O)c2cnc(Nc3ccc(N4CCC(C)CC4)cc3)nc2n1-c1cccc(C(C)(C)O)n1. The fourth-order valence-corrected chi connectivity index (χ4v) is 4.64. The van der Waals surface area contributed by atoms with Gasteiger partial charge in [0.25, 0.3) is 5.56 Å². The van der Waals surface area contributed by atoms with Crippen LogP contribution in [-0.4, -0.2) is 42.5 Å². The Kier molecular flexibility index (Phi) is 6.55. The number of anilines is 3. The van der Waals surface area contributed by atoms with Gasteiger partial charge in [-0.1, -0.05) is 19.1 Å². The summed E-state index contributed by atoms with van der Waals surface area (Å²) in [5, 5.41) is 14.1. The Hall–Kier alpha value is -3.98. The van der Waals surface area contributed by atoms with Crippen LogP contribution in [0.4, 0.5) is 17.3 Å². The molecule has 37 heavy (non-hydrogen) atoms. The molecule has 1 fully saturated rings. The molecule has 4 heterocycles. The van der Waals surface area contributed by atoms with Gasteiger partial charge in [0.05, 0.1) is 12.2 Å². The summed E-state index contributed by atoms with van der Waals surface area (Å²) in [6.07, 6.45) is 5.61. The van der Waals surface area contributed by atoms with Crippen LogP contribution >= 0.6 is 0 Å². The van der Waals surface area contributed by atoms with E-state index in [4.69, 9.17) is 4.98 Å². The van der Waals surface area contributed by atoms with Crippen LogP contribution in [0.2, 0.25) is 0 Å². The van der Waals surface area contributed by atoms with Crippen molar-refractivity contribution in [2.45, 2.75) is 45.8 Å². The summed E-state index contributed by atoms with van der Waals surface area (Å²) < 4.78 is 3.17. The van der Waals surface area contributed by atoms with Gasteiger partial charge in [0.2, 0.25) is 5.95 Å². The van der Waals surface area contributed by atoms with E-state index in [-0.39, 0.29) is 12.1 Å². The Morgan fingerprint density at radius 1 is 1.14 bits per heavy atom. The number of aromatic nitrogens is 5. The second-order valence-corrected chi connectivity index (χ2v) is 10.2. The van der Waals surface area contributed by atoms with Gasteiger partial charge >= 0.3 is 0 Å². The van der Waals surface area contributed by atoms with Crippen LogP contribution in [0.1, 0.15) is 39.3 Å². The van der Waals surface area contributed by atoms with E-state index >= 15 is 0 Å². The summed E-state index contributed by atoms with van der Waals surface area (Å²) in [6.45, 7) is 11.9. The molecule has 0 aliphatic carbocycles. The van der Waals surface area contributed by atoms with Crippen LogP contribution in [0.25, 0.3) is 16.9 Å². The van der Waals surface area contributed by atoms with Gasteiger partial charge in [-0.3, -0.25) is 4.79 Å². The number of hydrogen-bond acceptors (Lipinski definition) is 7. The average molecular weight is 500 g/mol. The molecular formula is C28H33N7O2. The van der Waals surface area contributed by atoms with Crippen molar-refractivity contribution in [1.82, 2.24) is 24.3 Å². The molecular weight excluding hydrogens is 466 g/mol. The highest BCUT2D eigenvalue weighted by atomic mass is 16.3. The molecule has 4 aromatic rings. The van der Waals surface area contributed by atoms with Crippen molar-refractivity contribution in [3.8, 4) is 5.82 Å². The standard InChI is InChI=1S/C28H33N7O2/c1-5-15-34-26(36)22-18-29-27(30-20-9-11-21(12-10-20)33-16-13-19(2)14-17-33)32-25(22)35(34)24-8-6-7-23(31-24)28(3,4)37/h5-12,18-19,37H,1,13-17H2,2-4H3,(H,29,30,32). The van der Waals surface area contributed by atoms with E-state index in [9.17, 15) is 9.90 Å². The predicted molar refractivity (Wildman–Crippen MR) is 147 cm³/mol. The fraction of sp³-hybridized carbons (Fsp3) is 0.357. The maximum absolute atomic E-state index is 13.2. The minimum atomic E-state index is -1.14. The second kappa shape index (κ2) is 9.82. The molecule has 5 rings (SSSR count). The Morgan fingerprint density at radius 2 is 1.86 bits per heavy atom. The molecule has 0 amide bonds. The molecule has 0 radical (unpaired) electrons. The third-order valence-electron chi connectivity index (χ3n) is 6.83. The predicted octanol–water partition coefficient (Wildman–Crippen LogP) is 4.37. The molecule has 1 aliphatic rings. The highest BCUT2D eigenvalue weighted by molar-refractivity contribution is 5.77. The Morgan fingerprint density at radius 3 is 2.54 bits per heavy atom. The Labute approximate surface area is 216 Å². The number of hydrogen-bond donors (Lipinski definition) is 2. The summed E-state index contributed by atoms with van der Waals surface area (Å²) in [4.78, 5) is 29.3. The van der Waals surface area contributed by atoms with E-state index in [1.165, 1.54) is 29.4 Å². The number of fused-ring (bicyclic) bond motifs is 1. The highest BCUT2D eigenvalue weighted by Crippen LogP contribution is 2.26. The highest BCUT2D eigenvalue weighted by Gasteiger charge is 2.22. The molecule has 1 saturated heterocycles. The van der Waals surface area contributed by atoms with Gasteiger partial charge in [0.15, 0.2) is 11.5 Å². The monoisotopic (exact) mass is 499 g/mol. The van der Waals surface area contributed by atoms with Crippen LogP contribution in [0, 0.1) is 5.92 Å². The van der Waals surface area contributed by atoms with Crippen molar-refractivity contribution in [2.24, 2.45) is 5.92 Å². The number of benzene rings is 1. The third-order valence-corrected chi connectivity index (χ3v) is 6.83. The van der Waals surface area contributed by atoms with Gasteiger partial charge in [-0.2, -0.15) is 4.98 Å². The van der Waals surface area contributed by atoms with Gasteiger partial charge in [-0.05, 0) is 69.0 Å². The maximum Gasteiger partial charge on any atom is 0.278 e. The smallest absolute Gasteiger partial charge is 0.278 e. The maximum atomic E-state index is 13.2. The third kappa shape index (κ3) is 4.99. The molecule has 9 nitrogen and oxygen atoms in total. The number of rotatable bonds is 7. The fourth-order valence-electron chi connectivity index (χ4n) is 4.64. The number of allylic oxidation sites excluding steroid dienone is 1. The van der Waals surface area contributed by atoms with Crippen molar-refractivity contribution in [1.29, 1.82) is 0 Å². The molecule has 192 valence electrons. The van der Waals surface area contributed by atoms with Crippen LogP contribution in [0.5, 0.6) is 0 Å².